The first-order chi connectivity index (χ1) is 6.41. The summed E-state index contributed by atoms with van der Waals surface area (Å²) in [6.07, 6.45) is 1.94. The maximum Gasteiger partial charge on any atom is 0.109 e. The average Bonchev–Trinajstić information content (AvgIpc) is 2.00. The van der Waals surface area contributed by atoms with Gasteiger partial charge in [-0.1, -0.05) is 5.16 Å². The molecule has 0 spiro atoms. The molecule has 2 aliphatic heterocycles. The van der Waals surface area contributed by atoms with E-state index in [1.54, 1.807) is 0 Å². The molecule has 3 unspecified atom stereocenters. The Balaban J connectivity index is 2.42. The third kappa shape index (κ3) is 1.10. The van der Waals surface area contributed by atoms with Gasteiger partial charge in [0, 0.05) is 5.92 Å². The minimum absolute atomic E-state index is 0.164. The Kier molecular flexibility index (Phi) is 1.92. The fourth-order valence-corrected chi connectivity index (χ4v) is 2.99. The second kappa shape index (κ2) is 2.70. The molecule has 3 N–H and O–H groups in total. The smallest absolute Gasteiger partial charge is 0.109 e. The van der Waals surface area contributed by atoms with Crippen LogP contribution in [-0.4, -0.2) is 28.2 Å². The summed E-state index contributed by atoms with van der Waals surface area (Å²) >= 11 is 0. The Hall–Kier alpha value is -0.610. The summed E-state index contributed by atoms with van der Waals surface area (Å²) in [6.45, 7) is 6.07. The summed E-state index contributed by atoms with van der Waals surface area (Å²) in [5.41, 5.74) is 6.00. The average molecular weight is 198 g/mol. The molecule has 4 heteroatoms. The van der Waals surface area contributed by atoms with Gasteiger partial charge in [-0.2, -0.15) is 0 Å². The van der Waals surface area contributed by atoms with Crippen LogP contribution >= 0.6 is 0 Å². The van der Waals surface area contributed by atoms with E-state index in [-0.39, 0.29) is 17.6 Å². The molecule has 0 aromatic rings. The van der Waals surface area contributed by atoms with Gasteiger partial charge in [0.2, 0.25) is 0 Å². The zero-order chi connectivity index (χ0) is 10.6. The number of hydrogen-bond donors (Lipinski definition) is 2. The largest absolute Gasteiger partial charge is 0.411 e. The van der Waals surface area contributed by atoms with Crippen molar-refractivity contribution in [3.05, 3.63) is 0 Å². The van der Waals surface area contributed by atoms with E-state index in [0.717, 1.165) is 12.8 Å². The Morgan fingerprint density at radius 1 is 1.50 bits per heavy atom. The summed E-state index contributed by atoms with van der Waals surface area (Å²) in [6, 6.07) is -0.164. The molecule has 3 fully saturated rings. The van der Waals surface area contributed by atoms with E-state index in [4.69, 9.17) is 15.7 Å². The lowest BCUT2D eigenvalue weighted by Gasteiger charge is -2.56. The molecular weight excluding hydrogens is 180 g/mol. The van der Waals surface area contributed by atoms with Gasteiger partial charge in [0.15, 0.2) is 0 Å². The predicted molar refractivity (Wildman–Crippen MR) is 53.5 cm³/mol. The molecule has 0 aromatic carbocycles. The summed E-state index contributed by atoms with van der Waals surface area (Å²) in [7, 11) is 0. The molecule has 2 bridgehead atoms. The van der Waals surface area contributed by atoms with Crippen LogP contribution in [0.1, 0.15) is 33.6 Å². The molecular formula is C10H18N2O2. The lowest BCUT2D eigenvalue weighted by molar-refractivity contribution is -0.183. The van der Waals surface area contributed by atoms with Gasteiger partial charge >= 0.3 is 0 Å². The molecule has 4 nitrogen and oxygen atoms in total. The molecule has 0 radical (unpaired) electrons. The topological polar surface area (TPSA) is 67.8 Å². The molecule has 3 rings (SSSR count). The van der Waals surface area contributed by atoms with E-state index < -0.39 is 5.60 Å². The van der Waals surface area contributed by atoms with Crippen LogP contribution in [0.3, 0.4) is 0 Å². The highest BCUT2D eigenvalue weighted by molar-refractivity contribution is 5.98. The fourth-order valence-electron chi connectivity index (χ4n) is 2.99. The maximum atomic E-state index is 8.95. The van der Waals surface area contributed by atoms with Gasteiger partial charge in [-0.05, 0) is 33.6 Å². The maximum absolute atomic E-state index is 8.95. The van der Waals surface area contributed by atoms with Crippen molar-refractivity contribution in [1.29, 1.82) is 0 Å². The normalized spacial score (nSPS) is 48.4. The highest BCUT2D eigenvalue weighted by Crippen LogP contribution is 2.47. The van der Waals surface area contributed by atoms with Crippen LogP contribution in [-0.2, 0) is 4.74 Å². The quantitative estimate of drug-likeness (QED) is 0.453. The minimum Gasteiger partial charge on any atom is -0.411 e. The minimum atomic E-state index is -0.466. The SMILES string of the molecule is CC12CCC(C(N)/C1=N\O)C(C)(C)O2. The zero-order valence-corrected chi connectivity index (χ0v) is 8.95. The third-order valence-corrected chi connectivity index (χ3v) is 3.71. The van der Waals surface area contributed by atoms with Gasteiger partial charge < -0.3 is 15.7 Å². The van der Waals surface area contributed by atoms with Crippen LogP contribution in [0.25, 0.3) is 0 Å². The van der Waals surface area contributed by atoms with Crippen molar-refractivity contribution in [2.24, 2.45) is 16.8 Å². The van der Waals surface area contributed by atoms with E-state index in [0.29, 0.717) is 5.71 Å². The summed E-state index contributed by atoms with van der Waals surface area (Å²) in [5.74, 6) is 0.259. The summed E-state index contributed by atoms with van der Waals surface area (Å²) < 4.78 is 5.96. The molecule has 1 aliphatic carbocycles. The van der Waals surface area contributed by atoms with Gasteiger partial charge in [-0.15, -0.1) is 0 Å². The summed E-state index contributed by atoms with van der Waals surface area (Å²) in [4.78, 5) is 0. The Morgan fingerprint density at radius 3 is 2.57 bits per heavy atom. The highest BCUT2D eigenvalue weighted by atomic mass is 16.5. The van der Waals surface area contributed by atoms with Gasteiger partial charge in [0.05, 0.1) is 11.6 Å². The van der Waals surface area contributed by atoms with Crippen molar-refractivity contribution in [2.45, 2.75) is 50.9 Å². The van der Waals surface area contributed by atoms with Crippen LogP contribution < -0.4 is 5.73 Å². The van der Waals surface area contributed by atoms with Crippen LogP contribution in [0.5, 0.6) is 0 Å². The van der Waals surface area contributed by atoms with Crippen LogP contribution in [0.15, 0.2) is 5.16 Å². The number of nitrogens with zero attached hydrogens (tertiary/aromatic N) is 1. The molecule has 3 atom stereocenters. The molecule has 2 saturated heterocycles. The van der Waals surface area contributed by atoms with Crippen molar-refractivity contribution in [1.82, 2.24) is 0 Å². The molecule has 0 amide bonds. The third-order valence-electron chi connectivity index (χ3n) is 3.71. The molecule has 80 valence electrons. The monoisotopic (exact) mass is 198 g/mol. The number of oxime groups is 1. The lowest BCUT2D eigenvalue weighted by Crippen LogP contribution is -2.68. The number of fused-ring (bicyclic) bond motifs is 3. The number of nitrogens with two attached hydrogens (primary N) is 1. The number of ether oxygens (including phenoxy) is 1. The van der Waals surface area contributed by atoms with Gasteiger partial charge in [0.1, 0.15) is 11.3 Å². The first-order valence-electron chi connectivity index (χ1n) is 5.09. The first kappa shape index (κ1) is 9.93. The Labute approximate surface area is 84.1 Å². The van der Waals surface area contributed by atoms with Gasteiger partial charge in [-0.3, -0.25) is 0 Å². The van der Waals surface area contributed by atoms with Crippen molar-refractivity contribution >= 4 is 5.71 Å². The fraction of sp³-hybridized carbons (Fsp3) is 0.900. The second-order valence-electron chi connectivity index (χ2n) is 5.09. The van der Waals surface area contributed by atoms with E-state index in [1.807, 2.05) is 6.92 Å². The number of hydrogen-bond acceptors (Lipinski definition) is 4. The van der Waals surface area contributed by atoms with Crippen molar-refractivity contribution in [3.8, 4) is 0 Å². The van der Waals surface area contributed by atoms with Crippen molar-refractivity contribution < 1.29 is 9.94 Å². The lowest BCUT2D eigenvalue weighted by atomic mass is 9.65. The summed E-state index contributed by atoms with van der Waals surface area (Å²) in [5, 5.41) is 12.3. The molecule has 2 heterocycles. The molecule has 0 aromatic heterocycles. The van der Waals surface area contributed by atoms with E-state index >= 15 is 0 Å². The van der Waals surface area contributed by atoms with E-state index in [9.17, 15) is 0 Å². The van der Waals surface area contributed by atoms with E-state index in [2.05, 4.69) is 19.0 Å². The standard InChI is InChI=1S/C10H18N2O2/c1-9(2)6-4-5-10(3,14-9)8(12-13)7(6)11/h6-7,13H,4-5,11H2,1-3H3/b12-8+. The Bertz CT molecular complexity index is 288. The van der Waals surface area contributed by atoms with Crippen LogP contribution in [0, 0.1) is 5.92 Å². The van der Waals surface area contributed by atoms with Crippen LogP contribution in [0.4, 0.5) is 0 Å². The van der Waals surface area contributed by atoms with E-state index in [1.165, 1.54) is 0 Å². The predicted octanol–water partition coefficient (Wildman–Crippen LogP) is 1.12. The van der Waals surface area contributed by atoms with Gasteiger partial charge in [0.25, 0.3) is 0 Å². The number of rotatable bonds is 0. The first-order valence-corrected chi connectivity index (χ1v) is 5.09. The zero-order valence-electron chi connectivity index (χ0n) is 8.95. The molecule has 3 aliphatic rings. The van der Waals surface area contributed by atoms with Crippen molar-refractivity contribution in [3.63, 3.8) is 0 Å². The van der Waals surface area contributed by atoms with Crippen molar-refractivity contribution in [2.75, 3.05) is 0 Å². The van der Waals surface area contributed by atoms with Crippen LogP contribution in [0.2, 0.25) is 0 Å². The van der Waals surface area contributed by atoms with Gasteiger partial charge in [-0.25, -0.2) is 0 Å². The highest BCUT2D eigenvalue weighted by Gasteiger charge is 2.56. The second-order valence-corrected chi connectivity index (χ2v) is 5.09. The molecule has 1 saturated carbocycles. The molecule has 14 heavy (non-hydrogen) atoms. The Morgan fingerprint density at radius 2 is 2.14 bits per heavy atom.